The third kappa shape index (κ3) is 2.92. The summed E-state index contributed by atoms with van der Waals surface area (Å²) in [6, 6.07) is 1.54. The summed E-state index contributed by atoms with van der Waals surface area (Å²) in [5, 5.41) is 11.3. The molecule has 0 saturated carbocycles. The first-order valence-electron chi connectivity index (χ1n) is 5.97. The fraction of sp³-hybridized carbons (Fsp3) is 0.333. The number of halogens is 3. The van der Waals surface area contributed by atoms with Crippen LogP contribution in [0.4, 0.5) is 13.2 Å². The zero-order valence-corrected chi connectivity index (χ0v) is 10.7. The van der Waals surface area contributed by atoms with Gasteiger partial charge in [0.1, 0.15) is 6.10 Å². The Morgan fingerprint density at radius 2 is 2.10 bits per heavy atom. The largest absolute Gasteiger partial charge is 0.409 e. The van der Waals surface area contributed by atoms with Crippen LogP contribution < -0.4 is 5.73 Å². The van der Waals surface area contributed by atoms with Crippen LogP contribution in [-0.2, 0) is 4.74 Å². The van der Waals surface area contributed by atoms with E-state index in [-0.39, 0.29) is 25.5 Å². The van der Waals surface area contributed by atoms with Crippen molar-refractivity contribution >= 4 is 11.7 Å². The van der Waals surface area contributed by atoms with Crippen molar-refractivity contribution in [2.24, 2.45) is 10.9 Å². The summed E-state index contributed by atoms with van der Waals surface area (Å²) in [6.07, 6.45) is -0.846. The Hall–Kier alpha value is -2.29. The van der Waals surface area contributed by atoms with Crippen LogP contribution in [0.3, 0.4) is 0 Å². The van der Waals surface area contributed by atoms with Gasteiger partial charge in [0.05, 0.1) is 18.7 Å². The Bertz CT molecular complexity index is 595. The maximum atomic E-state index is 13.6. The monoisotopic (exact) mass is 303 g/mol. The molecule has 1 aliphatic rings. The van der Waals surface area contributed by atoms with Gasteiger partial charge in [-0.25, -0.2) is 13.2 Å². The van der Waals surface area contributed by atoms with Gasteiger partial charge in [-0.15, -0.1) is 0 Å². The number of nitrogens with zero attached hydrogens (tertiary/aromatic N) is 2. The first-order valence-corrected chi connectivity index (χ1v) is 5.97. The van der Waals surface area contributed by atoms with Gasteiger partial charge >= 0.3 is 0 Å². The third-order valence-electron chi connectivity index (χ3n) is 3.06. The van der Waals surface area contributed by atoms with Crippen molar-refractivity contribution in [1.29, 1.82) is 0 Å². The van der Waals surface area contributed by atoms with Gasteiger partial charge in [0.15, 0.2) is 23.3 Å². The van der Waals surface area contributed by atoms with Gasteiger partial charge in [0.2, 0.25) is 0 Å². The fourth-order valence-electron chi connectivity index (χ4n) is 1.94. The Labute approximate surface area is 117 Å². The van der Waals surface area contributed by atoms with Gasteiger partial charge in [0, 0.05) is 6.54 Å². The molecule has 1 saturated heterocycles. The molecule has 9 heteroatoms. The minimum absolute atomic E-state index is 0.0813. The minimum Gasteiger partial charge on any atom is -0.409 e. The number of amides is 1. The lowest BCUT2D eigenvalue weighted by Gasteiger charge is -2.32. The zero-order valence-electron chi connectivity index (χ0n) is 10.7. The Kier molecular flexibility index (Phi) is 4.32. The lowest BCUT2D eigenvalue weighted by Crippen LogP contribution is -2.50. The van der Waals surface area contributed by atoms with E-state index in [0.29, 0.717) is 6.07 Å². The van der Waals surface area contributed by atoms with E-state index in [2.05, 4.69) is 5.16 Å². The molecule has 1 unspecified atom stereocenters. The van der Waals surface area contributed by atoms with Gasteiger partial charge in [-0.05, 0) is 12.1 Å². The quantitative estimate of drug-likeness (QED) is 0.277. The highest BCUT2D eigenvalue weighted by Gasteiger charge is 2.30. The van der Waals surface area contributed by atoms with E-state index >= 15 is 0 Å². The van der Waals surface area contributed by atoms with Crippen LogP contribution in [0.5, 0.6) is 0 Å². The lowest BCUT2D eigenvalue weighted by atomic mass is 10.1. The number of oxime groups is 1. The summed E-state index contributed by atoms with van der Waals surface area (Å²) in [6.45, 7) is 0.109. The Balaban J connectivity index is 2.22. The number of ether oxygens (including phenoxy) is 1. The van der Waals surface area contributed by atoms with Crippen molar-refractivity contribution in [2.45, 2.75) is 6.10 Å². The van der Waals surface area contributed by atoms with Crippen LogP contribution in [0, 0.1) is 17.5 Å². The molecular formula is C12H12F3N3O3. The topological polar surface area (TPSA) is 88.2 Å². The first-order chi connectivity index (χ1) is 9.95. The molecule has 1 aromatic carbocycles. The maximum absolute atomic E-state index is 13.6. The molecule has 0 aromatic heterocycles. The SMILES string of the molecule is NC(=NO)C1CN(C(=O)c2ccc(F)c(F)c2F)CCO1. The summed E-state index contributed by atoms with van der Waals surface area (Å²) in [4.78, 5) is 13.3. The number of amidine groups is 1. The van der Waals surface area contributed by atoms with Crippen molar-refractivity contribution in [1.82, 2.24) is 4.90 Å². The van der Waals surface area contributed by atoms with Crippen molar-refractivity contribution in [3.05, 3.63) is 35.1 Å². The van der Waals surface area contributed by atoms with E-state index in [1.165, 1.54) is 0 Å². The molecule has 2 rings (SSSR count). The van der Waals surface area contributed by atoms with Crippen LogP contribution >= 0.6 is 0 Å². The van der Waals surface area contributed by atoms with Crippen LogP contribution in [-0.4, -0.2) is 47.7 Å². The molecule has 21 heavy (non-hydrogen) atoms. The van der Waals surface area contributed by atoms with E-state index in [1.54, 1.807) is 0 Å². The molecule has 1 atom stereocenters. The molecule has 1 aliphatic heterocycles. The summed E-state index contributed by atoms with van der Waals surface area (Å²) in [7, 11) is 0. The molecule has 0 bridgehead atoms. The van der Waals surface area contributed by atoms with Gasteiger partial charge < -0.3 is 20.6 Å². The molecule has 1 fully saturated rings. The lowest BCUT2D eigenvalue weighted by molar-refractivity contribution is 0.00649. The molecule has 114 valence electrons. The van der Waals surface area contributed by atoms with Gasteiger partial charge in [-0.2, -0.15) is 0 Å². The number of carbonyl (C=O) groups excluding carboxylic acids is 1. The molecular weight excluding hydrogens is 291 g/mol. The van der Waals surface area contributed by atoms with Crippen molar-refractivity contribution in [3.8, 4) is 0 Å². The van der Waals surface area contributed by atoms with E-state index in [4.69, 9.17) is 15.7 Å². The second kappa shape index (κ2) is 6.00. The number of carbonyl (C=O) groups is 1. The average molecular weight is 303 g/mol. The van der Waals surface area contributed by atoms with Crippen LogP contribution in [0.15, 0.2) is 17.3 Å². The standard InChI is InChI=1S/C12H12F3N3O3/c13-7-2-1-6(9(14)10(7)15)12(19)18-3-4-21-8(5-18)11(16)17-20/h1-2,8,20H,3-5H2,(H2,16,17). The molecule has 6 nitrogen and oxygen atoms in total. The predicted molar refractivity (Wildman–Crippen MR) is 65.4 cm³/mol. The Morgan fingerprint density at radius 3 is 2.76 bits per heavy atom. The number of morpholine rings is 1. The summed E-state index contributed by atoms with van der Waals surface area (Å²) in [5.41, 5.74) is 4.79. The number of benzene rings is 1. The molecule has 1 aromatic rings. The molecule has 0 spiro atoms. The average Bonchev–Trinajstić information content (AvgIpc) is 2.51. The van der Waals surface area contributed by atoms with E-state index in [9.17, 15) is 18.0 Å². The number of rotatable bonds is 2. The summed E-state index contributed by atoms with van der Waals surface area (Å²) < 4.78 is 44.8. The van der Waals surface area contributed by atoms with E-state index in [0.717, 1.165) is 11.0 Å². The third-order valence-corrected chi connectivity index (χ3v) is 3.06. The summed E-state index contributed by atoms with van der Waals surface area (Å²) in [5.74, 6) is -5.70. The molecule has 1 heterocycles. The first kappa shape index (κ1) is 15.1. The van der Waals surface area contributed by atoms with Crippen LogP contribution in [0.1, 0.15) is 10.4 Å². The van der Waals surface area contributed by atoms with E-state index < -0.39 is 35.0 Å². The number of hydrogen-bond donors (Lipinski definition) is 2. The predicted octanol–water partition coefficient (Wildman–Crippen LogP) is 0.691. The van der Waals surface area contributed by atoms with Gasteiger partial charge in [-0.3, -0.25) is 4.79 Å². The second-order valence-electron chi connectivity index (χ2n) is 4.36. The number of hydrogen-bond acceptors (Lipinski definition) is 4. The molecule has 1 amide bonds. The highest BCUT2D eigenvalue weighted by Crippen LogP contribution is 2.18. The van der Waals surface area contributed by atoms with Crippen molar-refractivity contribution < 1.29 is 27.9 Å². The Morgan fingerprint density at radius 1 is 1.38 bits per heavy atom. The van der Waals surface area contributed by atoms with Gasteiger partial charge in [-0.1, -0.05) is 5.16 Å². The fourth-order valence-corrected chi connectivity index (χ4v) is 1.94. The zero-order chi connectivity index (χ0) is 15.6. The highest BCUT2D eigenvalue weighted by molar-refractivity contribution is 5.95. The van der Waals surface area contributed by atoms with Gasteiger partial charge in [0.25, 0.3) is 5.91 Å². The molecule has 0 radical (unpaired) electrons. The van der Waals surface area contributed by atoms with Crippen molar-refractivity contribution in [2.75, 3.05) is 19.7 Å². The normalized spacial score (nSPS) is 19.7. The van der Waals surface area contributed by atoms with Crippen molar-refractivity contribution in [3.63, 3.8) is 0 Å². The molecule has 0 aliphatic carbocycles. The van der Waals surface area contributed by atoms with Crippen LogP contribution in [0.2, 0.25) is 0 Å². The summed E-state index contributed by atoms with van der Waals surface area (Å²) >= 11 is 0. The molecule has 3 N–H and O–H groups in total. The van der Waals surface area contributed by atoms with Crippen LogP contribution in [0.25, 0.3) is 0 Å². The smallest absolute Gasteiger partial charge is 0.257 e. The highest BCUT2D eigenvalue weighted by atomic mass is 19.2. The number of nitrogens with two attached hydrogens (primary N) is 1. The second-order valence-corrected chi connectivity index (χ2v) is 4.36. The maximum Gasteiger partial charge on any atom is 0.257 e. The minimum atomic E-state index is -1.71. The van der Waals surface area contributed by atoms with E-state index in [1.807, 2.05) is 0 Å².